The smallest absolute Gasteiger partial charge is 0.137 e. The van der Waals surface area contributed by atoms with Crippen LogP contribution >= 0.6 is 0 Å². The van der Waals surface area contributed by atoms with Crippen LogP contribution in [0.4, 0.5) is 0 Å². The van der Waals surface area contributed by atoms with Crippen molar-refractivity contribution >= 4 is 0 Å². The molecule has 1 heterocycles. The van der Waals surface area contributed by atoms with E-state index < -0.39 is 0 Å². The van der Waals surface area contributed by atoms with Gasteiger partial charge in [-0.15, -0.1) is 0 Å². The van der Waals surface area contributed by atoms with Crippen molar-refractivity contribution in [2.45, 2.75) is 26.4 Å². The van der Waals surface area contributed by atoms with Gasteiger partial charge in [-0.25, -0.2) is 4.98 Å². The Morgan fingerprint density at radius 2 is 2.25 bits per heavy atom. The van der Waals surface area contributed by atoms with Crippen LogP contribution in [-0.4, -0.2) is 39.3 Å². The van der Waals surface area contributed by atoms with Crippen molar-refractivity contribution in [3.05, 3.63) is 12.7 Å². The van der Waals surface area contributed by atoms with Crippen molar-refractivity contribution in [1.82, 2.24) is 19.7 Å². The predicted octanol–water partition coefficient (Wildman–Crippen LogP) is 0.618. The van der Waals surface area contributed by atoms with Crippen molar-refractivity contribution in [2.24, 2.45) is 0 Å². The first-order valence-corrected chi connectivity index (χ1v) is 4.23. The summed E-state index contributed by atoms with van der Waals surface area (Å²) in [6, 6.07) is 0.591. The van der Waals surface area contributed by atoms with E-state index in [1.54, 1.807) is 12.7 Å². The first kappa shape index (κ1) is 9.19. The van der Waals surface area contributed by atoms with E-state index in [4.69, 9.17) is 0 Å². The van der Waals surface area contributed by atoms with E-state index in [1.807, 2.05) is 4.68 Å². The Labute approximate surface area is 73.2 Å². The molecule has 4 nitrogen and oxygen atoms in total. The molecule has 0 aromatic carbocycles. The summed E-state index contributed by atoms with van der Waals surface area (Å²) in [5, 5.41) is 4.03. The molecule has 0 saturated heterocycles. The average Bonchev–Trinajstić information content (AvgIpc) is 2.51. The molecule has 0 unspecified atom stereocenters. The first-order chi connectivity index (χ1) is 5.70. The van der Waals surface area contributed by atoms with Gasteiger partial charge in [0.2, 0.25) is 0 Å². The third-order valence-electron chi connectivity index (χ3n) is 2.03. The maximum Gasteiger partial charge on any atom is 0.137 e. The lowest BCUT2D eigenvalue weighted by molar-refractivity contribution is 0.258. The Morgan fingerprint density at radius 1 is 1.50 bits per heavy atom. The summed E-state index contributed by atoms with van der Waals surface area (Å²) < 4.78 is 1.85. The van der Waals surface area contributed by atoms with Crippen molar-refractivity contribution in [3.63, 3.8) is 0 Å². The Balaban J connectivity index is 2.27. The van der Waals surface area contributed by atoms with Crippen LogP contribution in [0.25, 0.3) is 0 Å². The molecule has 68 valence electrons. The number of nitrogens with zero attached hydrogens (tertiary/aromatic N) is 4. The molecule has 0 bridgehead atoms. The van der Waals surface area contributed by atoms with Gasteiger partial charge in [-0.3, -0.25) is 4.68 Å². The molecule has 0 fully saturated rings. The van der Waals surface area contributed by atoms with E-state index in [0.717, 1.165) is 13.1 Å². The normalized spacial score (nSPS) is 11.4. The van der Waals surface area contributed by atoms with Gasteiger partial charge < -0.3 is 4.90 Å². The van der Waals surface area contributed by atoms with Gasteiger partial charge in [0.05, 0.1) is 6.54 Å². The average molecular weight is 168 g/mol. The molecular weight excluding hydrogens is 152 g/mol. The summed E-state index contributed by atoms with van der Waals surface area (Å²) in [4.78, 5) is 6.16. The van der Waals surface area contributed by atoms with Gasteiger partial charge in [-0.05, 0) is 20.9 Å². The minimum absolute atomic E-state index is 0.591. The SMILES string of the molecule is CC(C)N(C)CCn1cncn1. The Bertz CT molecular complexity index is 205. The third-order valence-corrected chi connectivity index (χ3v) is 2.03. The number of rotatable bonds is 4. The van der Waals surface area contributed by atoms with E-state index in [9.17, 15) is 0 Å². The Morgan fingerprint density at radius 3 is 2.75 bits per heavy atom. The maximum atomic E-state index is 4.03. The largest absolute Gasteiger partial charge is 0.302 e. The molecule has 1 aromatic rings. The standard InChI is InChI=1S/C8H16N4/c1-8(2)11(3)4-5-12-7-9-6-10-12/h6-8H,4-5H2,1-3H3. The molecule has 0 radical (unpaired) electrons. The van der Waals surface area contributed by atoms with Crippen LogP contribution in [0.1, 0.15) is 13.8 Å². The molecule has 0 atom stereocenters. The monoisotopic (exact) mass is 168 g/mol. The van der Waals surface area contributed by atoms with Crippen LogP contribution in [0.15, 0.2) is 12.7 Å². The second kappa shape index (κ2) is 4.21. The Kier molecular flexibility index (Phi) is 3.22. The second-order valence-corrected chi connectivity index (χ2v) is 3.23. The molecule has 1 aromatic heterocycles. The molecular formula is C8H16N4. The lowest BCUT2D eigenvalue weighted by atomic mass is 10.3. The zero-order valence-electron chi connectivity index (χ0n) is 7.94. The lowest BCUT2D eigenvalue weighted by Crippen LogP contribution is -2.29. The highest BCUT2D eigenvalue weighted by Crippen LogP contribution is 1.93. The zero-order valence-corrected chi connectivity index (χ0v) is 7.94. The van der Waals surface area contributed by atoms with Gasteiger partial charge in [-0.1, -0.05) is 0 Å². The van der Waals surface area contributed by atoms with Crippen molar-refractivity contribution < 1.29 is 0 Å². The van der Waals surface area contributed by atoms with E-state index >= 15 is 0 Å². The highest BCUT2D eigenvalue weighted by Gasteiger charge is 2.02. The van der Waals surface area contributed by atoms with E-state index in [1.165, 1.54) is 0 Å². The topological polar surface area (TPSA) is 34.0 Å². The van der Waals surface area contributed by atoms with Gasteiger partial charge in [-0.2, -0.15) is 5.10 Å². The number of hydrogen-bond donors (Lipinski definition) is 0. The van der Waals surface area contributed by atoms with Gasteiger partial charge in [0.15, 0.2) is 0 Å². The molecule has 0 spiro atoms. The molecule has 12 heavy (non-hydrogen) atoms. The van der Waals surface area contributed by atoms with E-state index in [2.05, 4.69) is 35.9 Å². The molecule has 0 saturated carbocycles. The zero-order chi connectivity index (χ0) is 8.97. The maximum absolute atomic E-state index is 4.03. The predicted molar refractivity (Wildman–Crippen MR) is 47.8 cm³/mol. The first-order valence-electron chi connectivity index (χ1n) is 4.23. The highest BCUT2D eigenvalue weighted by atomic mass is 15.3. The molecule has 0 N–H and O–H groups in total. The molecule has 1 rings (SSSR count). The Hall–Kier alpha value is -0.900. The summed E-state index contributed by atoms with van der Waals surface area (Å²) in [7, 11) is 2.11. The minimum Gasteiger partial charge on any atom is -0.302 e. The highest BCUT2D eigenvalue weighted by molar-refractivity contribution is 4.60. The summed E-state index contributed by atoms with van der Waals surface area (Å²) in [5.74, 6) is 0. The van der Waals surface area contributed by atoms with Crippen LogP contribution in [0.2, 0.25) is 0 Å². The van der Waals surface area contributed by atoms with E-state index in [0.29, 0.717) is 6.04 Å². The molecule has 4 heteroatoms. The van der Waals surface area contributed by atoms with E-state index in [-0.39, 0.29) is 0 Å². The lowest BCUT2D eigenvalue weighted by Gasteiger charge is -2.20. The number of aromatic nitrogens is 3. The van der Waals surface area contributed by atoms with Gasteiger partial charge in [0.25, 0.3) is 0 Å². The number of likely N-dealkylation sites (N-methyl/N-ethyl adjacent to an activating group) is 1. The minimum atomic E-state index is 0.591. The second-order valence-electron chi connectivity index (χ2n) is 3.23. The fraction of sp³-hybridized carbons (Fsp3) is 0.750. The van der Waals surface area contributed by atoms with Crippen molar-refractivity contribution in [1.29, 1.82) is 0 Å². The quantitative estimate of drug-likeness (QED) is 0.661. The fourth-order valence-electron chi connectivity index (χ4n) is 0.867. The van der Waals surface area contributed by atoms with Gasteiger partial charge >= 0.3 is 0 Å². The summed E-state index contributed by atoms with van der Waals surface area (Å²) in [6.07, 6.45) is 3.31. The summed E-state index contributed by atoms with van der Waals surface area (Å²) in [5.41, 5.74) is 0. The van der Waals surface area contributed by atoms with Crippen molar-refractivity contribution in [2.75, 3.05) is 13.6 Å². The van der Waals surface area contributed by atoms with Crippen LogP contribution in [-0.2, 0) is 6.54 Å². The molecule has 0 aliphatic carbocycles. The molecule has 0 amide bonds. The number of hydrogen-bond acceptors (Lipinski definition) is 3. The van der Waals surface area contributed by atoms with Crippen LogP contribution in [0.3, 0.4) is 0 Å². The summed E-state index contributed by atoms with van der Waals surface area (Å²) >= 11 is 0. The molecule has 0 aliphatic heterocycles. The van der Waals surface area contributed by atoms with Crippen LogP contribution < -0.4 is 0 Å². The fourth-order valence-corrected chi connectivity index (χ4v) is 0.867. The van der Waals surface area contributed by atoms with Gasteiger partial charge in [0, 0.05) is 12.6 Å². The summed E-state index contributed by atoms with van der Waals surface area (Å²) in [6.45, 7) is 6.29. The van der Waals surface area contributed by atoms with Crippen LogP contribution in [0.5, 0.6) is 0 Å². The van der Waals surface area contributed by atoms with Gasteiger partial charge in [0.1, 0.15) is 12.7 Å². The molecule has 0 aliphatic rings. The van der Waals surface area contributed by atoms with Crippen molar-refractivity contribution in [3.8, 4) is 0 Å². The van der Waals surface area contributed by atoms with Crippen LogP contribution in [0, 0.1) is 0 Å². The third kappa shape index (κ3) is 2.62.